The first-order valence-corrected chi connectivity index (χ1v) is 17.5. The van der Waals surface area contributed by atoms with Crippen molar-refractivity contribution < 1.29 is 45.8 Å². The van der Waals surface area contributed by atoms with Crippen molar-refractivity contribution in [3.8, 4) is 17.0 Å². The van der Waals surface area contributed by atoms with Crippen LogP contribution in [-0.2, 0) is 15.4 Å². The molecular formula is C36H42ClF5N4O5. The highest BCUT2D eigenvalue weighted by Gasteiger charge is 2.59. The Labute approximate surface area is 297 Å². The number of halogens is 6. The number of nitrogens with one attached hydrogen (secondary N) is 1. The Morgan fingerprint density at radius 3 is 2.12 bits per heavy atom. The van der Waals surface area contributed by atoms with Crippen molar-refractivity contribution in [2.24, 2.45) is 11.8 Å². The molecule has 2 amide bonds. The number of carbonyl (C=O) groups is 2. The van der Waals surface area contributed by atoms with Gasteiger partial charge in [0.05, 0.1) is 22.7 Å². The summed E-state index contributed by atoms with van der Waals surface area (Å²) in [5.41, 5.74) is -1.08. The highest BCUT2D eigenvalue weighted by atomic mass is 35.5. The van der Waals surface area contributed by atoms with E-state index in [0.717, 1.165) is 24.5 Å². The molecule has 2 saturated carbocycles. The summed E-state index contributed by atoms with van der Waals surface area (Å²) in [4.78, 5) is 31.7. The molecule has 51 heavy (non-hydrogen) atoms. The monoisotopic (exact) mass is 740 g/mol. The van der Waals surface area contributed by atoms with E-state index in [1.807, 2.05) is 18.4 Å². The van der Waals surface area contributed by atoms with Gasteiger partial charge in [-0.1, -0.05) is 13.8 Å². The summed E-state index contributed by atoms with van der Waals surface area (Å²) in [7, 11) is 0. The molecular weight excluding hydrogens is 699 g/mol. The van der Waals surface area contributed by atoms with Gasteiger partial charge < -0.3 is 23.7 Å². The molecule has 2 atom stereocenters. The van der Waals surface area contributed by atoms with Crippen LogP contribution in [-0.4, -0.2) is 57.3 Å². The fourth-order valence-corrected chi connectivity index (χ4v) is 7.48. The Hall–Kier alpha value is -3.81. The molecule has 1 saturated heterocycles. The lowest BCUT2D eigenvalue weighted by atomic mass is 9.95. The van der Waals surface area contributed by atoms with Gasteiger partial charge in [0.25, 0.3) is 0 Å². The minimum absolute atomic E-state index is 0.0326. The van der Waals surface area contributed by atoms with Gasteiger partial charge in [0.1, 0.15) is 16.9 Å². The Kier molecular flexibility index (Phi) is 9.20. The number of hydrogen-bond donors (Lipinski definition) is 1. The number of aromatic nitrogens is 2. The summed E-state index contributed by atoms with van der Waals surface area (Å²) < 4.78 is 90.6. The number of rotatable bonds is 7. The third-order valence-electron chi connectivity index (χ3n) is 9.18. The first-order chi connectivity index (χ1) is 23.6. The van der Waals surface area contributed by atoms with Gasteiger partial charge in [-0.3, -0.25) is 5.32 Å². The average molecular weight is 741 g/mol. The molecule has 2 aliphatic carbocycles. The van der Waals surface area contributed by atoms with Crippen molar-refractivity contribution in [1.29, 1.82) is 0 Å². The summed E-state index contributed by atoms with van der Waals surface area (Å²) in [5.74, 6) is -4.02. The van der Waals surface area contributed by atoms with Gasteiger partial charge in [-0.05, 0) is 89.7 Å². The number of benzene rings is 1. The van der Waals surface area contributed by atoms with Crippen LogP contribution in [0.25, 0.3) is 22.2 Å². The number of fused-ring (bicyclic) bond motifs is 2. The van der Waals surface area contributed by atoms with E-state index in [1.54, 1.807) is 46.4 Å². The predicted octanol–water partition coefficient (Wildman–Crippen LogP) is 10.0. The smallest absolute Gasteiger partial charge is 0.444 e. The van der Waals surface area contributed by atoms with Crippen LogP contribution in [0.4, 0.5) is 37.2 Å². The maximum atomic E-state index is 17.3. The molecule has 0 radical (unpaired) electrons. The second-order valence-electron chi connectivity index (χ2n) is 15.9. The highest BCUT2D eigenvalue weighted by Crippen LogP contribution is 2.62. The van der Waals surface area contributed by atoms with Crippen LogP contribution in [0.2, 0.25) is 0 Å². The Balaban J connectivity index is 1.51. The molecule has 6 rings (SSSR count). The molecule has 3 aromatic rings. The second kappa shape index (κ2) is 12.7. The molecule has 1 aliphatic heterocycles. The van der Waals surface area contributed by atoms with E-state index in [-0.39, 0.29) is 46.8 Å². The number of pyridine rings is 1. The van der Waals surface area contributed by atoms with E-state index < -0.39 is 58.4 Å². The minimum atomic E-state index is -5.33. The van der Waals surface area contributed by atoms with Crippen molar-refractivity contribution >= 4 is 40.4 Å². The molecule has 3 heterocycles. The summed E-state index contributed by atoms with van der Waals surface area (Å²) >= 11 is 6.64. The summed E-state index contributed by atoms with van der Waals surface area (Å²) in [5, 5.41) is 2.84. The summed E-state index contributed by atoms with van der Waals surface area (Å²) in [6.07, 6.45) is -5.27. The van der Waals surface area contributed by atoms with Gasteiger partial charge in [0.2, 0.25) is 0 Å². The second-order valence-corrected chi connectivity index (χ2v) is 16.1. The largest absolute Gasteiger partial charge is 0.573 e. The molecule has 2 unspecified atom stereocenters. The van der Waals surface area contributed by atoms with E-state index in [2.05, 4.69) is 15.0 Å². The van der Waals surface area contributed by atoms with Crippen molar-refractivity contribution in [2.45, 2.75) is 110 Å². The Morgan fingerprint density at radius 1 is 1.00 bits per heavy atom. The minimum Gasteiger partial charge on any atom is -0.444 e. The van der Waals surface area contributed by atoms with Crippen LogP contribution in [0.1, 0.15) is 103 Å². The molecule has 3 fully saturated rings. The zero-order valence-electron chi connectivity index (χ0n) is 29.7. The fourth-order valence-electron chi connectivity index (χ4n) is 7.21. The van der Waals surface area contributed by atoms with E-state index in [0.29, 0.717) is 35.9 Å². The number of carbonyl (C=O) groups excluding carboxylic acids is 2. The van der Waals surface area contributed by atoms with Gasteiger partial charge in [-0.25, -0.2) is 23.4 Å². The van der Waals surface area contributed by atoms with Crippen molar-refractivity contribution in [3.63, 3.8) is 0 Å². The van der Waals surface area contributed by atoms with Crippen LogP contribution in [0.3, 0.4) is 0 Å². The van der Waals surface area contributed by atoms with E-state index in [9.17, 15) is 22.8 Å². The molecule has 15 heteroatoms. The first kappa shape index (κ1) is 37.0. The number of anilines is 1. The van der Waals surface area contributed by atoms with Crippen LogP contribution in [0, 0.1) is 23.5 Å². The molecule has 0 spiro atoms. The maximum absolute atomic E-state index is 17.3. The maximum Gasteiger partial charge on any atom is 0.573 e. The lowest BCUT2D eigenvalue weighted by Crippen LogP contribution is -2.36. The third-order valence-corrected chi connectivity index (χ3v) is 9.43. The number of alkyl halides is 4. The number of hydrogen-bond acceptors (Lipinski definition) is 6. The van der Waals surface area contributed by atoms with Crippen molar-refractivity contribution in [2.75, 3.05) is 18.4 Å². The molecule has 3 aliphatic rings. The van der Waals surface area contributed by atoms with E-state index in [4.69, 9.17) is 21.1 Å². The third kappa shape index (κ3) is 7.43. The standard InChI is InChI=1S/C36H42ClF5N4O5/c1-16(2)28-26-25(24-20-14-45(15-21(20)24)33(48)51-35(6,7)8)23(13-37)46(18-9-10-18)30(26)27(39)29(44-28)19-11-17(43-32(47)50-34(3,4)5)12-22(38)31(19)49-36(40,41)42/h11-12,16,18,20-21,24H,9-10,13-15H2,1-8H3,(H,43,47). The molecule has 278 valence electrons. The van der Waals surface area contributed by atoms with Crippen molar-refractivity contribution in [1.82, 2.24) is 14.5 Å². The molecule has 9 nitrogen and oxygen atoms in total. The molecule has 1 aromatic carbocycles. The first-order valence-electron chi connectivity index (χ1n) is 17.0. The number of ether oxygens (including phenoxy) is 3. The zero-order valence-corrected chi connectivity index (χ0v) is 30.5. The summed E-state index contributed by atoms with van der Waals surface area (Å²) in [6.45, 7) is 14.8. The van der Waals surface area contributed by atoms with E-state index >= 15 is 8.78 Å². The van der Waals surface area contributed by atoms with Gasteiger partial charge in [-0.2, -0.15) is 0 Å². The van der Waals surface area contributed by atoms with E-state index in [1.165, 1.54) is 0 Å². The van der Waals surface area contributed by atoms with Crippen molar-refractivity contribution in [3.05, 3.63) is 40.7 Å². The zero-order chi connectivity index (χ0) is 37.5. The number of amides is 2. The van der Waals surface area contributed by atoms with Crippen LogP contribution >= 0.6 is 11.6 Å². The van der Waals surface area contributed by atoms with Gasteiger partial charge in [0.15, 0.2) is 17.4 Å². The van der Waals surface area contributed by atoms with Gasteiger partial charge >= 0.3 is 18.5 Å². The molecule has 0 bridgehead atoms. The fraction of sp³-hybridized carbons (Fsp3) is 0.583. The lowest BCUT2D eigenvalue weighted by Gasteiger charge is -2.26. The van der Waals surface area contributed by atoms with Gasteiger partial charge in [0, 0.05) is 42.0 Å². The Morgan fingerprint density at radius 2 is 1.61 bits per heavy atom. The lowest BCUT2D eigenvalue weighted by molar-refractivity contribution is -0.275. The number of likely N-dealkylation sites (tertiary alicyclic amines) is 1. The normalized spacial score (nSPS) is 20.5. The summed E-state index contributed by atoms with van der Waals surface area (Å²) in [6, 6.07) is 1.51. The quantitative estimate of drug-likeness (QED) is 0.191. The Bertz CT molecular complexity index is 1880. The molecule has 2 aromatic heterocycles. The highest BCUT2D eigenvalue weighted by molar-refractivity contribution is 6.17. The topological polar surface area (TPSA) is 94.9 Å². The van der Waals surface area contributed by atoms with Crippen LogP contribution in [0.15, 0.2) is 12.1 Å². The molecule has 1 N–H and O–H groups in total. The number of piperidine rings is 1. The predicted molar refractivity (Wildman–Crippen MR) is 181 cm³/mol. The van der Waals surface area contributed by atoms with Crippen LogP contribution in [0.5, 0.6) is 5.75 Å². The average Bonchev–Trinajstić information content (AvgIpc) is 3.85. The van der Waals surface area contributed by atoms with Crippen LogP contribution < -0.4 is 10.1 Å². The SMILES string of the molecule is CC(C)c1nc(-c2cc(NC(=O)OC(C)(C)C)cc(F)c2OC(F)(F)F)c(F)c2c1c(C1C3CN(C(=O)OC(C)(C)C)CC31)c(CCl)n2C1CC1. The van der Waals surface area contributed by atoms with Gasteiger partial charge in [-0.15, -0.1) is 24.8 Å². The number of nitrogens with zero attached hydrogens (tertiary/aromatic N) is 3.